The molecule has 2 N–H and O–H groups in total. The van der Waals surface area contributed by atoms with Crippen LogP contribution in [0.15, 0.2) is 48.5 Å². The van der Waals surface area contributed by atoms with Gasteiger partial charge in [-0.25, -0.2) is 9.18 Å². The Hall–Kier alpha value is -2.60. The van der Waals surface area contributed by atoms with Crippen LogP contribution >= 0.6 is 0 Å². The van der Waals surface area contributed by atoms with Gasteiger partial charge in [0.05, 0.1) is 13.2 Å². The van der Waals surface area contributed by atoms with Crippen molar-refractivity contribution in [3.05, 3.63) is 59.9 Å². The number of anilines is 1. The smallest absolute Gasteiger partial charge is 0.319 e. The standard InChI is InChI=1S/C18H22FN3O2/c1-22(2)17(13-5-4-6-14(19)11-13)12-20-18(23)21-15-7-9-16(24-3)10-8-15/h4-11,17H,12H2,1-3H3,(H2,20,21,23). The Bertz CT molecular complexity index is 674. The molecule has 1 unspecified atom stereocenters. The molecule has 2 aromatic rings. The molecule has 6 heteroatoms. The van der Waals surface area contributed by atoms with E-state index in [0.29, 0.717) is 12.2 Å². The monoisotopic (exact) mass is 331 g/mol. The molecular formula is C18H22FN3O2. The number of carbonyl (C=O) groups excluding carboxylic acids is 1. The molecule has 0 bridgehead atoms. The minimum absolute atomic E-state index is 0.123. The predicted octanol–water partition coefficient (Wildman–Crippen LogP) is 3.26. The summed E-state index contributed by atoms with van der Waals surface area (Å²) in [6.07, 6.45) is 0. The van der Waals surface area contributed by atoms with Gasteiger partial charge in [0.15, 0.2) is 0 Å². The van der Waals surface area contributed by atoms with Crippen molar-refractivity contribution >= 4 is 11.7 Å². The zero-order valence-electron chi connectivity index (χ0n) is 14.0. The van der Waals surface area contributed by atoms with E-state index in [-0.39, 0.29) is 17.9 Å². The third kappa shape index (κ3) is 4.96. The van der Waals surface area contributed by atoms with Gasteiger partial charge in [-0.3, -0.25) is 0 Å². The molecule has 0 aliphatic carbocycles. The minimum atomic E-state index is -0.316. The van der Waals surface area contributed by atoms with Gasteiger partial charge in [-0.2, -0.15) is 0 Å². The first kappa shape index (κ1) is 17.7. The van der Waals surface area contributed by atoms with E-state index in [1.165, 1.54) is 12.1 Å². The molecule has 0 radical (unpaired) electrons. The number of halogens is 1. The number of likely N-dealkylation sites (N-methyl/N-ethyl adjacent to an activating group) is 1. The lowest BCUT2D eigenvalue weighted by atomic mass is 10.1. The van der Waals surface area contributed by atoms with Crippen LogP contribution in [0.5, 0.6) is 5.75 Å². The van der Waals surface area contributed by atoms with Crippen LogP contribution in [0.25, 0.3) is 0 Å². The second kappa shape index (κ2) is 8.31. The van der Waals surface area contributed by atoms with Crippen molar-refractivity contribution < 1.29 is 13.9 Å². The van der Waals surface area contributed by atoms with Gasteiger partial charge in [0.2, 0.25) is 0 Å². The van der Waals surface area contributed by atoms with Crippen molar-refractivity contribution in [2.24, 2.45) is 0 Å². The summed E-state index contributed by atoms with van der Waals surface area (Å²) >= 11 is 0. The lowest BCUT2D eigenvalue weighted by Gasteiger charge is -2.25. The number of ether oxygens (including phenoxy) is 1. The first-order valence-electron chi connectivity index (χ1n) is 7.60. The molecule has 24 heavy (non-hydrogen) atoms. The maximum atomic E-state index is 13.4. The molecule has 0 heterocycles. The molecule has 0 aromatic heterocycles. The fraction of sp³-hybridized carbons (Fsp3) is 0.278. The molecule has 0 spiro atoms. The minimum Gasteiger partial charge on any atom is -0.497 e. The molecule has 2 amide bonds. The molecule has 5 nitrogen and oxygen atoms in total. The number of urea groups is 1. The molecular weight excluding hydrogens is 309 g/mol. The maximum Gasteiger partial charge on any atom is 0.319 e. The van der Waals surface area contributed by atoms with E-state index < -0.39 is 0 Å². The first-order valence-corrected chi connectivity index (χ1v) is 7.60. The van der Waals surface area contributed by atoms with E-state index in [1.54, 1.807) is 37.4 Å². The molecule has 0 aliphatic rings. The van der Waals surface area contributed by atoms with E-state index in [1.807, 2.05) is 25.1 Å². The maximum absolute atomic E-state index is 13.4. The number of hydrogen-bond donors (Lipinski definition) is 2. The van der Waals surface area contributed by atoms with Crippen molar-refractivity contribution in [2.75, 3.05) is 33.1 Å². The highest BCUT2D eigenvalue weighted by Gasteiger charge is 2.15. The van der Waals surface area contributed by atoms with Crippen molar-refractivity contribution in [3.8, 4) is 5.75 Å². The number of hydrogen-bond acceptors (Lipinski definition) is 3. The van der Waals surface area contributed by atoms with Crippen LogP contribution in [0.3, 0.4) is 0 Å². The highest BCUT2D eigenvalue weighted by atomic mass is 19.1. The second-order valence-corrected chi connectivity index (χ2v) is 5.60. The molecule has 2 aromatic carbocycles. The molecule has 0 fully saturated rings. The highest BCUT2D eigenvalue weighted by Crippen LogP contribution is 2.18. The zero-order valence-corrected chi connectivity index (χ0v) is 14.0. The molecule has 0 saturated carbocycles. The van der Waals surface area contributed by atoms with Gasteiger partial charge in [-0.1, -0.05) is 12.1 Å². The highest BCUT2D eigenvalue weighted by molar-refractivity contribution is 5.89. The number of benzene rings is 2. The Morgan fingerprint density at radius 1 is 1.21 bits per heavy atom. The number of nitrogens with one attached hydrogen (secondary N) is 2. The number of methoxy groups -OCH3 is 1. The van der Waals surface area contributed by atoms with Gasteiger partial charge in [-0.15, -0.1) is 0 Å². The van der Waals surface area contributed by atoms with E-state index in [4.69, 9.17) is 4.74 Å². The number of rotatable bonds is 6. The van der Waals surface area contributed by atoms with Gasteiger partial charge >= 0.3 is 6.03 Å². The predicted molar refractivity (Wildman–Crippen MR) is 92.8 cm³/mol. The Labute approximate surface area is 141 Å². The first-order chi connectivity index (χ1) is 11.5. The summed E-state index contributed by atoms with van der Waals surface area (Å²) in [5.41, 5.74) is 1.48. The van der Waals surface area contributed by atoms with Crippen LogP contribution in [-0.4, -0.2) is 38.7 Å². The Morgan fingerprint density at radius 3 is 2.50 bits per heavy atom. The number of carbonyl (C=O) groups is 1. The van der Waals surface area contributed by atoms with E-state index in [0.717, 1.165) is 11.3 Å². The summed E-state index contributed by atoms with van der Waals surface area (Å²) in [7, 11) is 5.36. The van der Waals surface area contributed by atoms with Crippen LogP contribution in [0.4, 0.5) is 14.9 Å². The Balaban J connectivity index is 1.94. The number of amides is 2. The Kier molecular flexibility index (Phi) is 6.14. The van der Waals surface area contributed by atoms with Crippen LogP contribution in [0.1, 0.15) is 11.6 Å². The molecule has 0 aliphatic heterocycles. The summed E-state index contributed by atoms with van der Waals surface area (Å²) in [6.45, 7) is 0.360. The van der Waals surface area contributed by atoms with E-state index >= 15 is 0 Å². The van der Waals surface area contributed by atoms with Gasteiger partial charge in [0.25, 0.3) is 0 Å². The van der Waals surface area contributed by atoms with Crippen molar-refractivity contribution in [3.63, 3.8) is 0 Å². The summed E-state index contributed by atoms with van der Waals surface area (Å²) in [6, 6.07) is 13.0. The van der Waals surface area contributed by atoms with Gasteiger partial charge in [0, 0.05) is 12.2 Å². The third-order valence-corrected chi connectivity index (χ3v) is 3.66. The Morgan fingerprint density at radius 2 is 1.92 bits per heavy atom. The topological polar surface area (TPSA) is 53.6 Å². The average Bonchev–Trinajstić information content (AvgIpc) is 2.55. The van der Waals surface area contributed by atoms with Crippen LogP contribution in [0, 0.1) is 5.82 Å². The summed E-state index contributed by atoms with van der Waals surface area (Å²) in [5, 5.41) is 5.57. The molecule has 1 atom stereocenters. The summed E-state index contributed by atoms with van der Waals surface area (Å²) < 4.78 is 18.5. The van der Waals surface area contributed by atoms with Gasteiger partial charge in [-0.05, 0) is 56.1 Å². The molecule has 128 valence electrons. The fourth-order valence-corrected chi connectivity index (χ4v) is 2.35. The largest absolute Gasteiger partial charge is 0.497 e. The van der Waals surface area contributed by atoms with Crippen molar-refractivity contribution in [1.29, 1.82) is 0 Å². The van der Waals surface area contributed by atoms with Crippen molar-refractivity contribution in [1.82, 2.24) is 10.2 Å². The lowest BCUT2D eigenvalue weighted by Crippen LogP contribution is -2.36. The summed E-state index contributed by atoms with van der Waals surface area (Å²) in [4.78, 5) is 14.0. The average molecular weight is 331 g/mol. The van der Waals surface area contributed by atoms with Crippen molar-refractivity contribution in [2.45, 2.75) is 6.04 Å². The van der Waals surface area contributed by atoms with E-state index in [9.17, 15) is 9.18 Å². The quantitative estimate of drug-likeness (QED) is 0.854. The molecule has 0 saturated heterocycles. The normalized spacial score (nSPS) is 11.9. The third-order valence-electron chi connectivity index (χ3n) is 3.66. The SMILES string of the molecule is COc1ccc(NC(=O)NCC(c2cccc(F)c2)N(C)C)cc1. The van der Waals surface area contributed by atoms with E-state index in [2.05, 4.69) is 10.6 Å². The van der Waals surface area contributed by atoms with Crippen LogP contribution in [0.2, 0.25) is 0 Å². The number of nitrogens with zero attached hydrogens (tertiary/aromatic N) is 1. The summed E-state index contributed by atoms with van der Waals surface area (Å²) in [5.74, 6) is 0.432. The molecule has 2 rings (SSSR count). The van der Waals surface area contributed by atoms with Gasteiger partial charge < -0.3 is 20.3 Å². The van der Waals surface area contributed by atoms with Gasteiger partial charge in [0.1, 0.15) is 11.6 Å². The second-order valence-electron chi connectivity index (χ2n) is 5.60. The zero-order chi connectivity index (χ0) is 17.5. The fourth-order valence-electron chi connectivity index (χ4n) is 2.35. The van der Waals surface area contributed by atoms with Crippen LogP contribution < -0.4 is 15.4 Å². The van der Waals surface area contributed by atoms with Crippen LogP contribution in [-0.2, 0) is 0 Å². The lowest BCUT2D eigenvalue weighted by molar-refractivity contribution is 0.243.